The minimum Gasteiger partial charge on any atom is -0.246 e. The molecular formula is C16H15N3O2. The van der Waals surface area contributed by atoms with Crippen LogP contribution in [0, 0.1) is 0 Å². The number of aryl methyl sites for hydroxylation is 1. The van der Waals surface area contributed by atoms with Crippen LogP contribution in [0.25, 0.3) is 11.4 Å². The van der Waals surface area contributed by atoms with E-state index in [1.165, 1.54) is 4.68 Å². The Morgan fingerprint density at radius 2 is 1.57 bits per heavy atom. The number of nitrogens with one attached hydrogen (secondary N) is 1. The van der Waals surface area contributed by atoms with Crippen LogP contribution in [0.5, 0.6) is 0 Å². The van der Waals surface area contributed by atoms with Gasteiger partial charge in [0.15, 0.2) is 0 Å². The number of aromatic amines is 1. The number of H-pyrrole nitrogens is 1. The van der Waals surface area contributed by atoms with Crippen molar-refractivity contribution in [1.82, 2.24) is 14.3 Å². The van der Waals surface area contributed by atoms with E-state index >= 15 is 0 Å². The summed E-state index contributed by atoms with van der Waals surface area (Å²) in [4.78, 5) is 24.5. The van der Waals surface area contributed by atoms with Crippen molar-refractivity contribution in [2.75, 3.05) is 0 Å². The maximum Gasteiger partial charge on any atom is 0.356 e. The maximum absolute atomic E-state index is 12.4. The van der Waals surface area contributed by atoms with E-state index in [1.54, 1.807) is 24.3 Å². The van der Waals surface area contributed by atoms with Gasteiger partial charge in [0.2, 0.25) is 0 Å². The minimum atomic E-state index is -0.451. The number of nitrogens with zero attached hydrogens (tertiary/aromatic N) is 2. The largest absolute Gasteiger partial charge is 0.356 e. The maximum atomic E-state index is 12.4. The van der Waals surface area contributed by atoms with Gasteiger partial charge in [-0.25, -0.2) is 23.9 Å². The summed E-state index contributed by atoms with van der Waals surface area (Å²) in [5.41, 5.74) is 1.49. The topological polar surface area (TPSA) is 59.8 Å². The Morgan fingerprint density at radius 1 is 0.905 bits per heavy atom. The minimum absolute atomic E-state index is 0.407. The predicted molar refractivity (Wildman–Crippen MR) is 81.4 cm³/mol. The number of para-hydroxylation sites is 1. The van der Waals surface area contributed by atoms with Crippen molar-refractivity contribution < 1.29 is 0 Å². The molecule has 0 radical (unpaired) electrons. The lowest BCUT2D eigenvalue weighted by Crippen LogP contribution is -2.26. The van der Waals surface area contributed by atoms with E-state index in [2.05, 4.69) is 12.0 Å². The molecule has 0 bridgehead atoms. The van der Waals surface area contributed by atoms with E-state index in [-0.39, 0.29) is 0 Å². The zero-order valence-corrected chi connectivity index (χ0v) is 11.6. The zero-order chi connectivity index (χ0) is 14.8. The summed E-state index contributed by atoms with van der Waals surface area (Å²) < 4.78 is 2.38. The normalized spacial score (nSPS) is 10.7. The van der Waals surface area contributed by atoms with E-state index in [0.717, 1.165) is 16.6 Å². The molecule has 0 fully saturated rings. The first-order chi connectivity index (χ1) is 10.2. The van der Waals surface area contributed by atoms with E-state index in [9.17, 15) is 9.59 Å². The van der Waals surface area contributed by atoms with Crippen LogP contribution >= 0.6 is 0 Å². The quantitative estimate of drug-likeness (QED) is 0.797. The fourth-order valence-corrected chi connectivity index (χ4v) is 2.24. The number of hydrogen-bond acceptors (Lipinski definition) is 2. The standard InChI is InChI=1S/C16H15N3O2/c1-2-12-8-10-13(11-9-12)18-15(20)17-19(16(18)21)14-6-4-3-5-7-14/h3-11H,2H2,1H3,(H,17,20). The van der Waals surface area contributed by atoms with E-state index in [1.807, 2.05) is 30.3 Å². The second-order valence-corrected chi connectivity index (χ2v) is 4.73. The van der Waals surface area contributed by atoms with Gasteiger partial charge in [-0.05, 0) is 36.2 Å². The molecule has 0 aliphatic rings. The summed E-state index contributed by atoms with van der Waals surface area (Å²) in [6, 6.07) is 16.4. The lowest BCUT2D eigenvalue weighted by molar-refractivity contribution is 0.827. The van der Waals surface area contributed by atoms with Gasteiger partial charge in [0, 0.05) is 0 Å². The van der Waals surface area contributed by atoms with Crippen molar-refractivity contribution in [3.63, 3.8) is 0 Å². The van der Waals surface area contributed by atoms with Crippen LogP contribution < -0.4 is 11.4 Å². The molecule has 1 heterocycles. The van der Waals surface area contributed by atoms with Crippen molar-refractivity contribution in [2.45, 2.75) is 13.3 Å². The van der Waals surface area contributed by atoms with Gasteiger partial charge in [0.05, 0.1) is 11.4 Å². The molecule has 21 heavy (non-hydrogen) atoms. The molecule has 3 rings (SSSR count). The Balaban J connectivity index is 2.14. The summed E-state index contributed by atoms with van der Waals surface area (Å²) in [6.07, 6.45) is 0.913. The smallest absolute Gasteiger partial charge is 0.246 e. The molecule has 0 unspecified atom stereocenters. The van der Waals surface area contributed by atoms with Crippen LogP contribution in [0.1, 0.15) is 12.5 Å². The Morgan fingerprint density at radius 3 is 2.19 bits per heavy atom. The summed E-state index contributed by atoms with van der Waals surface area (Å²) in [7, 11) is 0. The van der Waals surface area contributed by atoms with Crippen molar-refractivity contribution in [1.29, 1.82) is 0 Å². The first kappa shape index (κ1) is 13.2. The molecule has 2 aromatic carbocycles. The Bertz CT molecular complexity index is 855. The first-order valence-electron chi connectivity index (χ1n) is 6.79. The fourth-order valence-electron chi connectivity index (χ4n) is 2.24. The molecule has 0 saturated carbocycles. The first-order valence-corrected chi connectivity index (χ1v) is 6.79. The van der Waals surface area contributed by atoms with Crippen molar-refractivity contribution in [2.24, 2.45) is 0 Å². The average molecular weight is 281 g/mol. The lowest BCUT2D eigenvalue weighted by atomic mass is 10.1. The summed E-state index contributed by atoms with van der Waals surface area (Å²) >= 11 is 0. The molecule has 5 nitrogen and oxygen atoms in total. The number of benzene rings is 2. The Labute approximate surface area is 121 Å². The molecular weight excluding hydrogens is 266 g/mol. The Kier molecular flexibility index (Phi) is 3.31. The van der Waals surface area contributed by atoms with Crippen molar-refractivity contribution >= 4 is 0 Å². The van der Waals surface area contributed by atoms with Crippen molar-refractivity contribution in [3.05, 3.63) is 81.1 Å². The highest BCUT2D eigenvalue weighted by molar-refractivity contribution is 5.35. The average Bonchev–Trinajstić information content (AvgIpc) is 2.83. The van der Waals surface area contributed by atoms with Crippen LogP contribution in [0.3, 0.4) is 0 Å². The van der Waals surface area contributed by atoms with E-state index in [0.29, 0.717) is 11.4 Å². The highest BCUT2D eigenvalue weighted by Gasteiger charge is 2.11. The summed E-state index contributed by atoms with van der Waals surface area (Å²) in [5.74, 6) is 0. The van der Waals surface area contributed by atoms with Gasteiger partial charge < -0.3 is 0 Å². The van der Waals surface area contributed by atoms with Gasteiger partial charge in [-0.2, -0.15) is 0 Å². The van der Waals surface area contributed by atoms with Crippen LogP contribution in [-0.4, -0.2) is 14.3 Å². The van der Waals surface area contributed by atoms with Gasteiger partial charge in [-0.3, -0.25) is 0 Å². The molecule has 0 spiro atoms. The molecule has 1 aromatic heterocycles. The highest BCUT2D eigenvalue weighted by Crippen LogP contribution is 2.07. The monoisotopic (exact) mass is 281 g/mol. The Hall–Kier alpha value is -2.82. The number of hydrogen-bond donors (Lipinski definition) is 1. The van der Waals surface area contributed by atoms with E-state index in [4.69, 9.17) is 0 Å². The highest BCUT2D eigenvalue weighted by atomic mass is 16.2. The van der Waals surface area contributed by atoms with Crippen LogP contribution in [0.4, 0.5) is 0 Å². The van der Waals surface area contributed by atoms with Gasteiger partial charge in [-0.15, -0.1) is 0 Å². The predicted octanol–water partition coefficient (Wildman–Crippen LogP) is 1.88. The molecule has 5 heteroatoms. The third-order valence-corrected chi connectivity index (χ3v) is 3.41. The third-order valence-electron chi connectivity index (χ3n) is 3.41. The van der Waals surface area contributed by atoms with Gasteiger partial charge in [0.1, 0.15) is 0 Å². The molecule has 0 aliphatic carbocycles. The third kappa shape index (κ3) is 2.33. The lowest BCUT2D eigenvalue weighted by Gasteiger charge is -2.01. The SMILES string of the molecule is CCc1ccc(-n2c(=O)[nH]n(-c3ccccc3)c2=O)cc1. The van der Waals surface area contributed by atoms with Crippen LogP contribution in [-0.2, 0) is 6.42 Å². The molecule has 106 valence electrons. The van der Waals surface area contributed by atoms with Crippen LogP contribution in [0.2, 0.25) is 0 Å². The van der Waals surface area contributed by atoms with Gasteiger partial charge >= 0.3 is 11.4 Å². The molecule has 1 N–H and O–H groups in total. The molecule has 0 aliphatic heterocycles. The van der Waals surface area contributed by atoms with Gasteiger partial charge in [0.25, 0.3) is 0 Å². The van der Waals surface area contributed by atoms with Crippen molar-refractivity contribution in [3.8, 4) is 11.4 Å². The number of rotatable bonds is 3. The van der Waals surface area contributed by atoms with Gasteiger partial charge in [-0.1, -0.05) is 37.3 Å². The fraction of sp³-hybridized carbons (Fsp3) is 0.125. The second kappa shape index (κ2) is 5.28. The van der Waals surface area contributed by atoms with Crippen LogP contribution in [0.15, 0.2) is 64.2 Å². The zero-order valence-electron chi connectivity index (χ0n) is 11.6. The molecule has 0 saturated heterocycles. The summed E-state index contributed by atoms with van der Waals surface area (Å²) in [5, 5.41) is 2.57. The summed E-state index contributed by atoms with van der Waals surface area (Å²) in [6.45, 7) is 2.06. The van der Waals surface area contributed by atoms with E-state index < -0.39 is 11.4 Å². The molecule has 0 amide bonds. The second-order valence-electron chi connectivity index (χ2n) is 4.73. The molecule has 3 aromatic rings. The number of aromatic nitrogens is 3. The molecule has 0 atom stereocenters.